The highest BCUT2D eigenvalue weighted by Gasteiger charge is 2.06. The molecule has 1 rings (SSSR count). The zero-order valence-electron chi connectivity index (χ0n) is 6.78. The van der Waals surface area contributed by atoms with E-state index in [2.05, 4.69) is 4.98 Å². The number of hydrogen-bond acceptors (Lipinski definition) is 3. The highest BCUT2D eigenvalue weighted by molar-refractivity contribution is 6.07. The molecule has 0 aliphatic rings. The average molecular weight is 163 g/mol. The molecule has 1 heterocycles. The Morgan fingerprint density at radius 3 is 2.42 bits per heavy atom. The number of aromatic nitrogens is 1. The first-order valence-electron chi connectivity index (χ1n) is 3.63. The normalized spacial score (nSPS) is 9.42. The van der Waals surface area contributed by atoms with Crippen LogP contribution in [0, 0.1) is 0 Å². The van der Waals surface area contributed by atoms with Crippen molar-refractivity contribution < 1.29 is 9.59 Å². The molecule has 0 atom stereocenters. The Labute approximate surface area is 70.4 Å². The lowest BCUT2D eigenvalue weighted by Gasteiger charge is -1.95. The summed E-state index contributed by atoms with van der Waals surface area (Å²) in [6, 6.07) is 3.20. The molecule has 1 aromatic rings. The number of carbonyl (C=O) groups is 2. The van der Waals surface area contributed by atoms with E-state index in [1.807, 2.05) is 0 Å². The summed E-state index contributed by atoms with van der Waals surface area (Å²) in [6.07, 6.45) is 3.05. The highest BCUT2D eigenvalue weighted by atomic mass is 16.1. The summed E-state index contributed by atoms with van der Waals surface area (Å²) in [6.45, 7) is 1.40. The van der Waals surface area contributed by atoms with Crippen LogP contribution >= 0.6 is 0 Å². The molecule has 0 radical (unpaired) electrons. The second-order valence-electron chi connectivity index (χ2n) is 2.54. The maximum absolute atomic E-state index is 11.2. The van der Waals surface area contributed by atoms with Crippen LogP contribution in [0.1, 0.15) is 23.7 Å². The Morgan fingerprint density at radius 1 is 1.33 bits per heavy atom. The zero-order valence-corrected chi connectivity index (χ0v) is 6.78. The van der Waals surface area contributed by atoms with Gasteiger partial charge in [-0.2, -0.15) is 0 Å². The molecule has 3 nitrogen and oxygen atoms in total. The number of carbonyl (C=O) groups excluding carboxylic acids is 2. The van der Waals surface area contributed by atoms with E-state index in [0.717, 1.165) is 0 Å². The zero-order chi connectivity index (χ0) is 8.97. The van der Waals surface area contributed by atoms with Crippen LogP contribution in [0.5, 0.6) is 0 Å². The summed E-state index contributed by atoms with van der Waals surface area (Å²) in [5.41, 5.74) is 0.542. The maximum Gasteiger partial charge on any atom is 0.170 e. The third-order valence-corrected chi connectivity index (χ3v) is 1.41. The first-order valence-corrected chi connectivity index (χ1v) is 3.63. The smallest absolute Gasteiger partial charge is 0.170 e. The Balaban J connectivity index is 2.73. The number of Topliss-reactive ketones (excluding diaryl/α,β-unsaturated/α-hetero) is 2. The van der Waals surface area contributed by atoms with Gasteiger partial charge in [-0.05, 0) is 19.1 Å². The van der Waals surface area contributed by atoms with Crippen molar-refractivity contribution in [2.75, 3.05) is 0 Å². The Hall–Kier alpha value is -1.51. The standard InChI is InChI=1S/C9H9NO2/c1-7(11)6-9(12)8-2-4-10-5-3-8/h2-5H,6H2,1H3. The predicted octanol–water partition coefficient (Wildman–Crippen LogP) is 1.24. The largest absolute Gasteiger partial charge is 0.300 e. The van der Waals surface area contributed by atoms with Crippen molar-refractivity contribution in [3.8, 4) is 0 Å². The summed E-state index contributed by atoms with van der Waals surface area (Å²) < 4.78 is 0. The SMILES string of the molecule is CC(=O)CC(=O)c1ccncc1. The molecule has 0 aromatic carbocycles. The number of pyridine rings is 1. The molecule has 0 spiro atoms. The van der Waals surface area contributed by atoms with E-state index in [1.54, 1.807) is 12.1 Å². The summed E-state index contributed by atoms with van der Waals surface area (Å²) >= 11 is 0. The van der Waals surface area contributed by atoms with E-state index in [4.69, 9.17) is 0 Å². The summed E-state index contributed by atoms with van der Waals surface area (Å²) in [5.74, 6) is -0.262. The van der Waals surface area contributed by atoms with Gasteiger partial charge in [0.05, 0.1) is 6.42 Å². The van der Waals surface area contributed by atoms with Crippen molar-refractivity contribution in [1.82, 2.24) is 4.98 Å². The quantitative estimate of drug-likeness (QED) is 0.497. The lowest BCUT2D eigenvalue weighted by atomic mass is 10.1. The van der Waals surface area contributed by atoms with Gasteiger partial charge in [-0.1, -0.05) is 0 Å². The van der Waals surface area contributed by atoms with Crippen molar-refractivity contribution in [3.05, 3.63) is 30.1 Å². The second kappa shape index (κ2) is 3.76. The van der Waals surface area contributed by atoms with Crippen LogP contribution in [0.2, 0.25) is 0 Å². The van der Waals surface area contributed by atoms with Crippen LogP contribution in [0.4, 0.5) is 0 Å². The molecule has 0 unspecified atom stereocenters. The van der Waals surface area contributed by atoms with Gasteiger partial charge in [0, 0.05) is 18.0 Å². The van der Waals surface area contributed by atoms with Gasteiger partial charge in [-0.15, -0.1) is 0 Å². The molecule has 0 N–H and O–H groups in total. The van der Waals surface area contributed by atoms with E-state index in [1.165, 1.54) is 19.3 Å². The number of nitrogens with zero attached hydrogens (tertiary/aromatic N) is 1. The topological polar surface area (TPSA) is 47.0 Å². The number of rotatable bonds is 3. The molecule has 0 aliphatic carbocycles. The van der Waals surface area contributed by atoms with Crippen LogP contribution in [-0.2, 0) is 4.79 Å². The molecule has 3 heteroatoms. The fraction of sp³-hybridized carbons (Fsp3) is 0.222. The first kappa shape index (κ1) is 8.59. The lowest BCUT2D eigenvalue weighted by Crippen LogP contribution is -2.04. The van der Waals surface area contributed by atoms with E-state index in [9.17, 15) is 9.59 Å². The molecule has 12 heavy (non-hydrogen) atoms. The average Bonchev–Trinajstić information content (AvgIpc) is 2.05. The summed E-state index contributed by atoms with van der Waals surface area (Å²) in [4.78, 5) is 25.6. The van der Waals surface area contributed by atoms with Gasteiger partial charge >= 0.3 is 0 Å². The van der Waals surface area contributed by atoms with Gasteiger partial charge in [0.25, 0.3) is 0 Å². The van der Waals surface area contributed by atoms with E-state index in [-0.39, 0.29) is 18.0 Å². The molecule has 0 amide bonds. The van der Waals surface area contributed by atoms with E-state index in [0.29, 0.717) is 5.56 Å². The van der Waals surface area contributed by atoms with Crippen LogP contribution in [-0.4, -0.2) is 16.6 Å². The van der Waals surface area contributed by atoms with Gasteiger partial charge in [0.1, 0.15) is 5.78 Å². The molecule has 1 aromatic heterocycles. The van der Waals surface area contributed by atoms with Crippen molar-refractivity contribution >= 4 is 11.6 Å². The van der Waals surface area contributed by atoms with Gasteiger partial charge in [-0.3, -0.25) is 14.6 Å². The molecule has 0 aliphatic heterocycles. The van der Waals surface area contributed by atoms with Gasteiger partial charge in [0.15, 0.2) is 5.78 Å². The van der Waals surface area contributed by atoms with Gasteiger partial charge < -0.3 is 0 Å². The Morgan fingerprint density at radius 2 is 1.92 bits per heavy atom. The maximum atomic E-state index is 11.2. The van der Waals surface area contributed by atoms with Crippen molar-refractivity contribution in [3.63, 3.8) is 0 Å². The summed E-state index contributed by atoms with van der Waals surface area (Å²) in [5, 5.41) is 0. The van der Waals surface area contributed by atoms with Crippen LogP contribution in [0.3, 0.4) is 0 Å². The Bertz CT molecular complexity index is 293. The monoisotopic (exact) mass is 163 g/mol. The fourth-order valence-corrected chi connectivity index (χ4v) is 0.866. The molecule has 0 fully saturated rings. The molecular weight excluding hydrogens is 154 g/mol. The minimum atomic E-state index is -0.148. The number of ketones is 2. The minimum absolute atomic E-state index is 0.0238. The molecule has 0 saturated carbocycles. The Kier molecular flexibility index (Phi) is 2.69. The third kappa shape index (κ3) is 2.27. The minimum Gasteiger partial charge on any atom is -0.300 e. The van der Waals surface area contributed by atoms with Crippen molar-refractivity contribution in [2.45, 2.75) is 13.3 Å². The summed E-state index contributed by atoms with van der Waals surface area (Å²) in [7, 11) is 0. The molecular formula is C9H9NO2. The van der Waals surface area contributed by atoms with Gasteiger partial charge in [-0.25, -0.2) is 0 Å². The van der Waals surface area contributed by atoms with Crippen molar-refractivity contribution in [1.29, 1.82) is 0 Å². The number of hydrogen-bond donors (Lipinski definition) is 0. The van der Waals surface area contributed by atoms with Crippen LogP contribution < -0.4 is 0 Å². The van der Waals surface area contributed by atoms with Crippen LogP contribution in [0.25, 0.3) is 0 Å². The third-order valence-electron chi connectivity index (χ3n) is 1.41. The van der Waals surface area contributed by atoms with E-state index >= 15 is 0 Å². The highest BCUT2D eigenvalue weighted by Crippen LogP contribution is 2.01. The van der Waals surface area contributed by atoms with Crippen LogP contribution in [0.15, 0.2) is 24.5 Å². The molecule has 62 valence electrons. The molecule has 0 bridgehead atoms. The van der Waals surface area contributed by atoms with E-state index < -0.39 is 0 Å². The predicted molar refractivity (Wildman–Crippen MR) is 43.9 cm³/mol. The second-order valence-corrected chi connectivity index (χ2v) is 2.54. The first-order chi connectivity index (χ1) is 5.70. The lowest BCUT2D eigenvalue weighted by molar-refractivity contribution is -0.116. The molecule has 0 saturated heterocycles. The van der Waals surface area contributed by atoms with Crippen molar-refractivity contribution in [2.24, 2.45) is 0 Å². The fourth-order valence-electron chi connectivity index (χ4n) is 0.866. The van der Waals surface area contributed by atoms with Gasteiger partial charge in [0.2, 0.25) is 0 Å².